The van der Waals surface area contributed by atoms with Crippen LogP contribution in [0, 0.1) is 0 Å². The van der Waals surface area contributed by atoms with Gasteiger partial charge < -0.3 is 10.2 Å². The summed E-state index contributed by atoms with van der Waals surface area (Å²) >= 11 is 1.70. The number of amides is 1. The van der Waals surface area contributed by atoms with Gasteiger partial charge in [-0.05, 0) is 18.4 Å². The molecule has 1 amide bonds. The van der Waals surface area contributed by atoms with E-state index in [0.717, 1.165) is 26.2 Å². The Morgan fingerprint density at radius 2 is 2.42 bits per heavy atom. The Kier molecular flexibility index (Phi) is 6.79. The van der Waals surface area contributed by atoms with Crippen molar-refractivity contribution < 1.29 is 4.79 Å². The first-order valence-corrected chi connectivity index (χ1v) is 7.25. The van der Waals surface area contributed by atoms with E-state index >= 15 is 0 Å². The predicted molar refractivity (Wildman–Crippen MR) is 81.9 cm³/mol. The highest BCUT2D eigenvalue weighted by Gasteiger charge is 2.19. The summed E-state index contributed by atoms with van der Waals surface area (Å²) < 4.78 is 0. The summed E-state index contributed by atoms with van der Waals surface area (Å²) in [6.45, 7) is 6.31. The molecule has 2 heterocycles. The molecule has 0 aromatic carbocycles. The van der Waals surface area contributed by atoms with E-state index in [-0.39, 0.29) is 18.3 Å². The van der Waals surface area contributed by atoms with E-state index in [9.17, 15) is 4.79 Å². The number of carbonyl (C=O) groups excluding carboxylic acids is 1. The van der Waals surface area contributed by atoms with Gasteiger partial charge in [-0.1, -0.05) is 6.07 Å². The van der Waals surface area contributed by atoms with Gasteiger partial charge in [0.25, 0.3) is 0 Å². The Balaban J connectivity index is 0.00000180. The smallest absolute Gasteiger partial charge is 0.236 e. The number of hydrogen-bond donors (Lipinski definition) is 1. The van der Waals surface area contributed by atoms with Crippen LogP contribution in [0.5, 0.6) is 0 Å². The molecule has 4 nitrogen and oxygen atoms in total. The zero-order valence-electron chi connectivity index (χ0n) is 11.5. The Morgan fingerprint density at radius 1 is 1.63 bits per heavy atom. The molecule has 1 N–H and O–H groups in total. The Bertz CT molecular complexity index is 385. The normalized spacial score (nSPS) is 19.8. The quantitative estimate of drug-likeness (QED) is 0.914. The molecule has 2 rings (SSSR count). The number of halogens is 1. The standard InChI is InChI=1S/C13H21N3OS.ClH/c1-11-8-16(6-5-14-11)10-13(17)15(2)9-12-4-3-7-18-12;/h3-4,7,11,14H,5-6,8-10H2,1-2H3;1H. The second-order valence-electron chi connectivity index (χ2n) is 4.92. The third kappa shape index (κ3) is 5.10. The highest BCUT2D eigenvalue weighted by Crippen LogP contribution is 2.11. The third-order valence-electron chi connectivity index (χ3n) is 3.21. The van der Waals surface area contributed by atoms with Crippen molar-refractivity contribution in [2.45, 2.75) is 19.5 Å². The zero-order valence-corrected chi connectivity index (χ0v) is 13.1. The van der Waals surface area contributed by atoms with E-state index in [2.05, 4.69) is 23.2 Å². The molecule has 19 heavy (non-hydrogen) atoms. The first-order valence-electron chi connectivity index (χ1n) is 6.37. The van der Waals surface area contributed by atoms with Gasteiger partial charge in [0, 0.05) is 37.6 Å². The molecule has 1 aliphatic heterocycles. The number of piperazine rings is 1. The Labute approximate surface area is 125 Å². The van der Waals surface area contributed by atoms with Gasteiger partial charge in [-0.15, -0.1) is 23.7 Å². The van der Waals surface area contributed by atoms with Crippen molar-refractivity contribution >= 4 is 29.7 Å². The number of hydrogen-bond acceptors (Lipinski definition) is 4. The molecule has 1 unspecified atom stereocenters. The van der Waals surface area contributed by atoms with Crippen LogP contribution < -0.4 is 5.32 Å². The molecule has 1 aliphatic rings. The average molecular weight is 304 g/mol. The van der Waals surface area contributed by atoms with Crippen LogP contribution >= 0.6 is 23.7 Å². The fourth-order valence-electron chi connectivity index (χ4n) is 2.19. The minimum absolute atomic E-state index is 0. The molecule has 0 radical (unpaired) electrons. The van der Waals surface area contributed by atoms with Crippen molar-refractivity contribution in [3.63, 3.8) is 0 Å². The van der Waals surface area contributed by atoms with Gasteiger partial charge in [-0.2, -0.15) is 0 Å². The van der Waals surface area contributed by atoms with Crippen molar-refractivity contribution in [2.24, 2.45) is 0 Å². The summed E-state index contributed by atoms with van der Waals surface area (Å²) in [7, 11) is 1.88. The van der Waals surface area contributed by atoms with Gasteiger partial charge in [-0.25, -0.2) is 0 Å². The molecular weight excluding hydrogens is 282 g/mol. The molecule has 0 saturated carbocycles. The monoisotopic (exact) mass is 303 g/mol. The maximum atomic E-state index is 12.1. The van der Waals surface area contributed by atoms with Crippen molar-refractivity contribution in [1.29, 1.82) is 0 Å². The molecule has 6 heteroatoms. The minimum atomic E-state index is 0. The molecule has 0 aliphatic carbocycles. The molecule has 0 bridgehead atoms. The van der Waals surface area contributed by atoms with E-state index < -0.39 is 0 Å². The van der Waals surface area contributed by atoms with E-state index in [1.807, 2.05) is 23.4 Å². The van der Waals surface area contributed by atoms with Crippen LogP contribution in [0.2, 0.25) is 0 Å². The fraction of sp³-hybridized carbons (Fsp3) is 0.615. The maximum absolute atomic E-state index is 12.1. The number of likely N-dealkylation sites (N-methyl/N-ethyl adjacent to an activating group) is 1. The number of thiophene rings is 1. The van der Waals surface area contributed by atoms with Gasteiger partial charge in [0.05, 0.1) is 13.1 Å². The van der Waals surface area contributed by atoms with E-state index in [4.69, 9.17) is 0 Å². The van der Waals surface area contributed by atoms with Crippen LogP contribution in [0.15, 0.2) is 17.5 Å². The summed E-state index contributed by atoms with van der Waals surface area (Å²) in [4.78, 5) is 17.4. The van der Waals surface area contributed by atoms with Gasteiger partial charge in [0.2, 0.25) is 5.91 Å². The lowest BCUT2D eigenvalue weighted by Crippen LogP contribution is -2.51. The predicted octanol–water partition coefficient (Wildman–Crippen LogP) is 1.42. The zero-order chi connectivity index (χ0) is 13.0. The lowest BCUT2D eigenvalue weighted by atomic mass is 10.2. The molecule has 1 atom stereocenters. The maximum Gasteiger partial charge on any atom is 0.236 e. The second-order valence-corrected chi connectivity index (χ2v) is 5.95. The Morgan fingerprint density at radius 3 is 3.05 bits per heavy atom. The summed E-state index contributed by atoms with van der Waals surface area (Å²) in [6, 6.07) is 4.58. The second kappa shape index (κ2) is 7.85. The van der Waals surface area contributed by atoms with Gasteiger partial charge in [0.15, 0.2) is 0 Å². The van der Waals surface area contributed by atoms with E-state index in [1.165, 1.54) is 4.88 Å². The first-order chi connectivity index (χ1) is 8.65. The lowest BCUT2D eigenvalue weighted by molar-refractivity contribution is -0.131. The summed E-state index contributed by atoms with van der Waals surface area (Å²) in [5, 5.41) is 5.43. The molecule has 0 spiro atoms. The average Bonchev–Trinajstić information content (AvgIpc) is 2.81. The third-order valence-corrected chi connectivity index (χ3v) is 4.07. The van der Waals surface area contributed by atoms with Gasteiger partial charge in [0.1, 0.15) is 0 Å². The van der Waals surface area contributed by atoms with Crippen molar-refractivity contribution in [1.82, 2.24) is 15.1 Å². The number of nitrogens with one attached hydrogen (secondary N) is 1. The van der Waals surface area contributed by atoms with Crippen LogP contribution in [0.1, 0.15) is 11.8 Å². The van der Waals surface area contributed by atoms with Gasteiger partial charge in [-0.3, -0.25) is 9.69 Å². The molecule has 1 saturated heterocycles. The van der Waals surface area contributed by atoms with Crippen LogP contribution in [0.3, 0.4) is 0 Å². The summed E-state index contributed by atoms with van der Waals surface area (Å²) in [5.41, 5.74) is 0. The summed E-state index contributed by atoms with van der Waals surface area (Å²) in [5.74, 6) is 0.206. The van der Waals surface area contributed by atoms with Crippen LogP contribution in [-0.4, -0.2) is 55.0 Å². The molecular formula is C13H22ClN3OS. The highest BCUT2D eigenvalue weighted by atomic mass is 35.5. The van der Waals surface area contributed by atoms with E-state index in [1.54, 1.807) is 11.3 Å². The van der Waals surface area contributed by atoms with Crippen molar-refractivity contribution in [3.8, 4) is 0 Å². The minimum Gasteiger partial charge on any atom is -0.340 e. The van der Waals surface area contributed by atoms with Crippen LogP contribution in [-0.2, 0) is 11.3 Å². The topological polar surface area (TPSA) is 35.6 Å². The first kappa shape index (κ1) is 16.4. The highest BCUT2D eigenvalue weighted by molar-refractivity contribution is 7.09. The summed E-state index contributed by atoms with van der Waals surface area (Å²) in [6.07, 6.45) is 0. The molecule has 1 fully saturated rings. The molecule has 1 aromatic heterocycles. The molecule has 108 valence electrons. The fourth-order valence-corrected chi connectivity index (χ4v) is 2.95. The lowest BCUT2D eigenvalue weighted by Gasteiger charge is -2.32. The number of carbonyl (C=O) groups is 1. The SMILES string of the molecule is CC1CN(CC(=O)N(C)Cc2cccs2)CCN1.Cl. The van der Waals surface area contributed by atoms with Gasteiger partial charge >= 0.3 is 0 Å². The number of rotatable bonds is 4. The molecule has 1 aromatic rings. The Hall–Kier alpha value is -0.620. The van der Waals surface area contributed by atoms with Crippen molar-refractivity contribution in [3.05, 3.63) is 22.4 Å². The van der Waals surface area contributed by atoms with Crippen molar-refractivity contribution in [2.75, 3.05) is 33.2 Å². The largest absolute Gasteiger partial charge is 0.340 e. The number of nitrogens with zero attached hydrogens (tertiary/aromatic N) is 2. The van der Waals surface area contributed by atoms with E-state index in [0.29, 0.717) is 12.6 Å². The van der Waals surface area contributed by atoms with Crippen LogP contribution in [0.25, 0.3) is 0 Å². The van der Waals surface area contributed by atoms with Crippen LogP contribution in [0.4, 0.5) is 0 Å².